The van der Waals surface area contributed by atoms with E-state index in [-0.39, 0.29) is 31.0 Å². The van der Waals surface area contributed by atoms with Crippen LogP contribution in [0.2, 0.25) is 0 Å². The van der Waals surface area contributed by atoms with Crippen molar-refractivity contribution in [2.45, 2.75) is 6.42 Å². The largest absolute Gasteiger partial charge is 1.00 e. The molecule has 0 aliphatic rings. The molecule has 0 aromatic carbocycles. The normalized spacial score (nSPS) is 5.33. The third kappa shape index (κ3) is 8.82. The molecule has 0 spiro atoms. The molecule has 0 fully saturated rings. The zero-order valence-corrected chi connectivity index (χ0v) is 6.28. The quantitative estimate of drug-likeness (QED) is 0.298. The summed E-state index contributed by atoms with van der Waals surface area (Å²) in [4.78, 5) is 0. The Hall–Kier alpha value is 0.480. The summed E-state index contributed by atoms with van der Waals surface area (Å²) in [6.07, 6.45) is 4.54. The summed E-state index contributed by atoms with van der Waals surface area (Å²) in [5.74, 6) is 0. The first-order valence-electron chi connectivity index (χ1n) is 1.63. The smallest absolute Gasteiger partial charge is 1.00 e. The van der Waals surface area contributed by atoms with Gasteiger partial charge in [0.25, 0.3) is 0 Å². The number of hydrogen-bond donors (Lipinski definition) is 0. The van der Waals surface area contributed by atoms with Crippen LogP contribution in [0, 0.1) is 0 Å². The number of allylic oxidation sites excluding steroid dienone is 2. The molecule has 0 bridgehead atoms. The molecular weight excluding hydrogens is 83.0 g/mol. The van der Waals surface area contributed by atoms with Gasteiger partial charge in [0.15, 0.2) is 0 Å². The van der Waals surface area contributed by atoms with Crippen LogP contribution in [0.1, 0.15) is 7.85 Å². The minimum Gasteiger partial charge on any atom is -1.00 e. The summed E-state index contributed by atoms with van der Waals surface area (Å²) in [6, 6.07) is 0. The monoisotopic (exact) mass is 92.1 g/mol. The van der Waals surface area contributed by atoms with E-state index in [0.717, 1.165) is 6.42 Å². The van der Waals surface area contributed by atoms with Gasteiger partial charge in [-0.05, 0) is 6.42 Å². The fourth-order valence-corrected chi connectivity index (χ4v) is 0.118. The average Bonchev–Trinajstić information content (AvgIpc) is 1.41. The maximum Gasteiger partial charge on any atom is 1.00 e. The Morgan fingerprint density at radius 3 is 1.67 bits per heavy atom. The van der Waals surface area contributed by atoms with Crippen molar-refractivity contribution in [3.05, 3.63) is 25.3 Å². The molecule has 0 atom stereocenters. The van der Waals surface area contributed by atoms with Gasteiger partial charge in [-0.25, -0.2) is 0 Å². The SMILES string of the molecule is C=CCC=C.[H-].[Na+]. The third-order valence-corrected chi connectivity index (χ3v) is 0.333. The van der Waals surface area contributed by atoms with Gasteiger partial charge in [0.05, 0.1) is 0 Å². The standard InChI is InChI=1S/C5H8.Na.H/c1-3-5-4-2;;/h3-4H,1-2,5H2;;/q;+1;-1. The molecule has 0 heterocycles. The number of rotatable bonds is 2. The van der Waals surface area contributed by atoms with Crippen LogP contribution in [0.5, 0.6) is 0 Å². The minimum atomic E-state index is 0. The maximum absolute atomic E-state index is 3.48. The first kappa shape index (κ1) is 9.70. The predicted molar refractivity (Wildman–Crippen MR) is 26.1 cm³/mol. The van der Waals surface area contributed by atoms with Gasteiger partial charge in [-0.3, -0.25) is 0 Å². The fourth-order valence-electron chi connectivity index (χ4n) is 0.118. The average molecular weight is 92.1 g/mol. The Kier molecular flexibility index (Phi) is 14.7. The molecule has 30 valence electrons. The molecule has 0 nitrogen and oxygen atoms in total. The molecule has 0 aromatic rings. The van der Waals surface area contributed by atoms with Gasteiger partial charge < -0.3 is 1.43 Å². The van der Waals surface area contributed by atoms with Gasteiger partial charge >= 0.3 is 29.6 Å². The predicted octanol–water partition coefficient (Wildman–Crippen LogP) is -1.13. The molecule has 0 aliphatic heterocycles. The maximum atomic E-state index is 3.48. The summed E-state index contributed by atoms with van der Waals surface area (Å²) in [7, 11) is 0. The molecule has 0 saturated heterocycles. The van der Waals surface area contributed by atoms with Crippen LogP contribution in [0.15, 0.2) is 25.3 Å². The molecule has 6 heavy (non-hydrogen) atoms. The van der Waals surface area contributed by atoms with Crippen molar-refractivity contribution in [3.8, 4) is 0 Å². The first-order chi connectivity index (χ1) is 2.41. The van der Waals surface area contributed by atoms with Crippen molar-refractivity contribution >= 4 is 0 Å². The molecular formula is C5H9Na. The second-order valence-corrected chi connectivity index (χ2v) is 0.813. The zero-order chi connectivity index (χ0) is 4.12. The van der Waals surface area contributed by atoms with Crippen LogP contribution >= 0.6 is 0 Å². The van der Waals surface area contributed by atoms with Gasteiger partial charge in [-0.15, -0.1) is 13.2 Å². The van der Waals surface area contributed by atoms with E-state index < -0.39 is 0 Å². The van der Waals surface area contributed by atoms with E-state index in [0.29, 0.717) is 0 Å². The van der Waals surface area contributed by atoms with E-state index in [1.54, 1.807) is 0 Å². The van der Waals surface area contributed by atoms with E-state index in [4.69, 9.17) is 0 Å². The Labute approximate surface area is 62.7 Å². The van der Waals surface area contributed by atoms with Crippen LogP contribution < -0.4 is 29.6 Å². The van der Waals surface area contributed by atoms with Crippen molar-refractivity contribution in [3.63, 3.8) is 0 Å². The van der Waals surface area contributed by atoms with Crippen molar-refractivity contribution in [2.75, 3.05) is 0 Å². The van der Waals surface area contributed by atoms with Crippen molar-refractivity contribution in [1.82, 2.24) is 0 Å². The van der Waals surface area contributed by atoms with Crippen LogP contribution in [0.25, 0.3) is 0 Å². The Morgan fingerprint density at radius 1 is 1.33 bits per heavy atom. The van der Waals surface area contributed by atoms with Crippen LogP contribution in [0.4, 0.5) is 0 Å². The van der Waals surface area contributed by atoms with Crippen LogP contribution in [-0.4, -0.2) is 0 Å². The Bertz CT molecular complexity index is 37.3. The van der Waals surface area contributed by atoms with E-state index >= 15 is 0 Å². The summed E-state index contributed by atoms with van der Waals surface area (Å²) < 4.78 is 0. The topological polar surface area (TPSA) is 0 Å². The van der Waals surface area contributed by atoms with E-state index in [1.807, 2.05) is 12.2 Å². The van der Waals surface area contributed by atoms with Crippen molar-refractivity contribution in [2.24, 2.45) is 0 Å². The minimum absolute atomic E-state index is 0. The zero-order valence-electron chi connectivity index (χ0n) is 5.28. The van der Waals surface area contributed by atoms with Gasteiger partial charge in [0.2, 0.25) is 0 Å². The second-order valence-electron chi connectivity index (χ2n) is 0.813. The summed E-state index contributed by atoms with van der Waals surface area (Å²) in [6.45, 7) is 6.96. The fraction of sp³-hybridized carbons (Fsp3) is 0.200. The van der Waals surface area contributed by atoms with Gasteiger partial charge in [-0.2, -0.15) is 0 Å². The molecule has 0 amide bonds. The van der Waals surface area contributed by atoms with Crippen LogP contribution in [-0.2, 0) is 0 Å². The van der Waals surface area contributed by atoms with Crippen molar-refractivity contribution < 1.29 is 31.0 Å². The number of hydrogen-bond acceptors (Lipinski definition) is 0. The molecule has 0 unspecified atom stereocenters. The molecule has 0 rings (SSSR count). The van der Waals surface area contributed by atoms with Gasteiger partial charge in [0, 0.05) is 0 Å². The van der Waals surface area contributed by atoms with E-state index in [2.05, 4.69) is 13.2 Å². The molecule has 0 aliphatic carbocycles. The van der Waals surface area contributed by atoms with E-state index in [1.165, 1.54) is 0 Å². The summed E-state index contributed by atoms with van der Waals surface area (Å²) in [5, 5.41) is 0. The first-order valence-corrected chi connectivity index (χ1v) is 1.63. The second kappa shape index (κ2) is 9.08. The molecule has 0 aromatic heterocycles. The van der Waals surface area contributed by atoms with Crippen LogP contribution in [0.3, 0.4) is 0 Å². The van der Waals surface area contributed by atoms with Gasteiger partial charge in [0.1, 0.15) is 0 Å². The summed E-state index contributed by atoms with van der Waals surface area (Å²) >= 11 is 0. The molecule has 0 saturated carbocycles. The van der Waals surface area contributed by atoms with Gasteiger partial charge in [-0.1, -0.05) is 12.2 Å². The Morgan fingerprint density at radius 2 is 1.67 bits per heavy atom. The van der Waals surface area contributed by atoms with Crippen molar-refractivity contribution in [1.29, 1.82) is 0 Å². The molecule has 0 radical (unpaired) electrons. The third-order valence-electron chi connectivity index (χ3n) is 0.333. The van der Waals surface area contributed by atoms with E-state index in [9.17, 15) is 0 Å². The summed E-state index contributed by atoms with van der Waals surface area (Å²) in [5.41, 5.74) is 0. The molecule has 0 N–H and O–H groups in total. The Balaban J connectivity index is -0.0000000800. The molecule has 1 heteroatoms.